The second kappa shape index (κ2) is 23.4. The fraction of sp³-hybridized carbons (Fsp3) is 0.469. The standard InChI is InChI=1S/C49H54F10N10O7/c1-46(2,48(54,55)56)39(64-45(75)76-5)41(71)62-36(18-27-9-6-26(7-10-27)8-11-28-12-15-38(60-21-28)67-22-30-13-14-31(23-67)61-30)37(70)25-68(66-42(72)40(63-44(73)74)47(3,4)49(57,58)59)24-32-33(50)19-29(20-34(32)51)35-16-17-69(65-35)43(52)53/h6-7,9-10,12,15-17,19-21,30-31,36-37,39-40,43,61,63,70H,13-14,18,22-25H2,1-5H3,(H,62,71)(H,64,75)(H,66,72)(H,73,74). The summed E-state index contributed by atoms with van der Waals surface area (Å²) in [5.41, 5.74) is -4.67. The van der Waals surface area contributed by atoms with E-state index in [-0.39, 0.29) is 21.5 Å². The third-order valence-corrected chi connectivity index (χ3v) is 13.3. The Morgan fingerprint density at radius 2 is 1.39 bits per heavy atom. The summed E-state index contributed by atoms with van der Waals surface area (Å²) in [6, 6.07) is 5.79. The zero-order chi connectivity index (χ0) is 56.1. The van der Waals surface area contributed by atoms with Crippen LogP contribution in [0.25, 0.3) is 11.3 Å². The first-order chi connectivity index (χ1) is 35.5. The summed E-state index contributed by atoms with van der Waals surface area (Å²) in [7, 11) is 0.810. The lowest BCUT2D eigenvalue weighted by Gasteiger charge is -2.38. The molecule has 0 spiro atoms. The molecule has 0 radical (unpaired) electrons. The number of fused-ring (bicyclic) bond motifs is 2. The molecular weight excluding hydrogens is 1030 g/mol. The normalized spacial score (nSPS) is 17.5. The summed E-state index contributed by atoms with van der Waals surface area (Å²) < 4.78 is 150. The van der Waals surface area contributed by atoms with Crippen LogP contribution in [-0.2, 0) is 27.3 Å². The molecule has 2 aliphatic rings. The highest BCUT2D eigenvalue weighted by molar-refractivity contribution is 5.87. The quantitative estimate of drug-likeness (QED) is 0.0327. The predicted octanol–water partition coefficient (Wildman–Crippen LogP) is 6.42. The van der Waals surface area contributed by atoms with Gasteiger partial charge in [0.1, 0.15) is 29.5 Å². The number of aliphatic hydroxyl groups is 1. The van der Waals surface area contributed by atoms with E-state index in [0.717, 1.165) is 51.1 Å². The van der Waals surface area contributed by atoms with Gasteiger partial charge in [-0.15, -0.1) is 0 Å². The van der Waals surface area contributed by atoms with Crippen LogP contribution in [0.5, 0.6) is 0 Å². The number of nitrogens with one attached hydrogen (secondary N) is 5. The van der Waals surface area contributed by atoms with E-state index in [1.165, 1.54) is 29.6 Å². The first-order valence-corrected chi connectivity index (χ1v) is 23.4. The van der Waals surface area contributed by atoms with Crippen LogP contribution < -0.4 is 31.6 Å². The number of benzene rings is 2. The van der Waals surface area contributed by atoms with Gasteiger partial charge in [-0.3, -0.25) is 15.0 Å². The zero-order valence-corrected chi connectivity index (χ0v) is 41.3. The summed E-state index contributed by atoms with van der Waals surface area (Å²) in [6.45, 7) is -1.72. The molecule has 6 unspecified atom stereocenters. The highest BCUT2D eigenvalue weighted by atomic mass is 19.4. The van der Waals surface area contributed by atoms with Crippen LogP contribution in [0.4, 0.5) is 59.3 Å². The van der Waals surface area contributed by atoms with Gasteiger partial charge >= 0.3 is 31.1 Å². The Hall–Kier alpha value is -7.18. The number of piperazine rings is 1. The smallest absolute Gasteiger partial charge is 0.407 e. The first-order valence-electron chi connectivity index (χ1n) is 23.4. The largest absolute Gasteiger partial charge is 0.465 e. The van der Waals surface area contributed by atoms with Gasteiger partial charge in [-0.05, 0) is 95.0 Å². The van der Waals surface area contributed by atoms with Gasteiger partial charge in [0.15, 0.2) is 0 Å². The molecule has 76 heavy (non-hydrogen) atoms. The summed E-state index contributed by atoms with van der Waals surface area (Å²) in [4.78, 5) is 58.7. The van der Waals surface area contributed by atoms with Gasteiger partial charge in [0.2, 0.25) is 5.91 Å². The molecule has 27 heteroatoms. The molecule has 17 nitrogen and oxygen atoms in total. The summed E-state index contributed by atoms with van der Waals surface area (Å²) in [5.74, 6) is 0.554. The van der Waals surface area contributed by atoms with Gasteiger partial charge < -0.3 is 41.1 Å². The Balaban J connectivity index is 1.33. The molecule has 2 fully saturated rings. The molecule has 6 rings (SSSR count). The van der Waals surface area contributed by atoms with E-state index in [0.29, 0.717) is 68.0 Å². The lowest BCUT2D eigenvalue weighted by atomic mass is 9.82. The number of carbonyl (C=O) groups excluding carboxylic acids is 3. The van der Waals surface area contributed by atoms with E-state index < -0.39 is 115 Å². The second-order valence-electron chi connectivity index (χ2n) is 19.4. The van der Waals surface area contributed by atoms with Gasteiger partial charge in [-0.2, -0.15) is 40.2 Å². The van der Waals surface area contributed by atoms with Gasteiger partial charge in [-0.1, -0.05) is 24.0 Å². The van der Waals surface area contributed by atoms with Gasteiger partial charge in [-0.25, -0.2) is 33.0 Å². The maximum atomic E-state index is 15.9. The molecule has 0 aliphatic carbocycles. The van der Waals surface area contributed by atoms with Crippen molar-refractivity contribution in [2.24, 2.45) is 10.8 Å². The van der Waals surface area contributed by atoms with Crippen molar-refractivity contribution < 1.29 is 78.0 Å². The van der Waals surface area contributed by atoms with Crippen molar-refractivity contribution in [2.45, 2.75) is 109 Å². The molecule has 2 aromatic carbocycles. The highest BCUT2D eigenvalue weighted by Crippen LogP contribution is 2.42. The second-order valence-corrected chi connectivity index (χ2v) is 19.4. The van der Waals surface area contributed by atoms with Gasteiger partial charge in [0.25, 0.3) is 5.91 Å². The van der Waals surface area contributed by atoms with Crippen LogP contribution in [-0.4, -0.2) is 129 Å². The fourth-order valence-electron chi connectivity index (χ4n) is 8.49. The number of alkyl carbamates (subject to hydrolysis) is 1. The zero-order valence-electron chi connectivity index (χ0n) is 41.3. The van der Waals surface area contributed by atoms with E-state index in [9.17, 15) is 64.5 Å². The number of ether oxygens (including phenoxy) is 1. The number of amides is 4. The van der Waals surface area contributed by atoms with Crippen LogP contribution in [0.1, 0.15) is 69.3 Å². The summed E-state index contributed by atoms with van der Waals surface area (Å²) in [6.07, 6.45) is -12.1. The minimum absolute atomic E-state index is 0.187. The topological polar surface area (TPSA) is 215 Å². The number of nitrogens with zero attached hydrogens (tertiary/aromatic N) is 5. The molecule has 2 saturated heterocycles. The third kappa shape index (κ3) is 14.0. The molecule has 4 amide bonds. The first kappa shape index (κ1) is 58.1. The van der Waals surface area contributed by atoms with E-state index in [1.807, 2.05) is 22.9 Å². The fourth-order valence-corrected chi connectivity index (χ4v) is 8.49. The number of hydrogen-bond acceptors (Lipinski definition) is 11. The molecule has 0 saturated carbocycles. The predicted molar refractivity (Wildman–Crippen MR) is 252 cm³/mol. The number of carbonyl (C=O) groups is 4. The Kier molecular flexibility index (Phi) is 17.9. The van der Waals surface area contributed by atoms with Crippen LogP contribution >= 0.6 is 0 Å². The van der Waals surface area contributed by atoms with Crippen molar-refractivity contribution in [3.05, 3.63) is 101 Å². The molecule has 4 aromatic rings. The van der Waals surface area contributed by atoms with Crippen LogP contribution in [0.3, 0.4) is 0 Å². The van der Waals surface area contributed by atoms with E-state index in [1.54, 1.807) is 6.20 Å². The molecule has 2 aliphatic heterocycles. The van der Waals surface area contributed by atoms with Crippen LogP contribution in [0.2, 0.25) is 0 Å². The van der Waals surface area contributed by atoms with Gasteiger partial charge in [0.05, 0.1) is 35.8 Å². The Morgan fingerprint density at radius 1 is 0.829 bits per heavy atom. The molecule has 4 heterocycles. The minimum atomic E-state index is -5.28. The minimum Gasteiger partial charge on any atom is -0.465 e. The van der Waals surface area contributed by atoms with Crippen LogP contribution in [0.15, 0.2) is 67.0 Å². The average molecular weight is 1090 g/mol. The number of aliphatic hydroxyl groups excluding tert-OH is 1. The molecule has 6 atom stereocenters. The molecule has 412 valence electrons. The Labute approximate surface area is 428 Å². The number of hydrogen-bond donors (Lipinski definition) is 7. The number of carboxylic acid groups (broad SMARTS) is 1. The van der Waals surface area contributed by atoms with Crippen molar-refractivity contribution in [1.29, 1.82) is 0 Å². The number of alkyl halides is 8. The Morgan fingerprint density at radius 3 is 1.91 bits per heavy atom. The number of halogens is 10. The van der Waals surface area contributed by atoms with Crippen LogP contribution in [0, 0.1) is 34.3 Å². The maximum absolute atomic E-state index is 15.9. The maximum Gasteiger partial charge on any atom is 0.407 e. The lowest BCUT2D eigenvalue weighted by molar-refractivity contribution is -0.221. The van der Waals surface area contributed by atoms with E-state index in [2.05, 4.69) is 42.2 Å². The number of methoxy groups -OCH3 is 1. The third-order valence-electron chi connectivity index (χ3n) is 13.3. The molecule has 2 bridgehead atoms. The average Bonchev–Trinajstić information content (AvgIpc) is 3.98. The van der Waals surface area contributed by atoms with Crippen molar-refractivity contribution in [2.75, 3.05) is 31.6 Å². The van der Waals surface area contributed by atoms with Crippen molar-refractivity contribution in [3.63, 3.8) is 0 Å². The Bertz CT molecular complexity index is 2750. The lowest BCUT2D eigenvalue weighted by Crippen LogP contribution is -2.63. The van der Waals surface area contributed by atoms with E-state index >= 15 is 8.78 Å². The molecule has 2 aromatic heterocycles. The van der Waals surface area contributed by atoms with E-state index in [4.69, 9.17) is 0 Å². The van der Waals surface area contributed by atoms with Crippen molar-refractivity contribution in [3.8, 4) is 23.1 Å². The monoisotopic (exact) mass is 1080 g/mol. The number of aromatic nitrogens is 3. The number of hydrazine groups is 1. The number of anilines is 1. The van der Waals surface area contributed by atoms with Crippen molar-refractivity contribution >= 4 is 29.8 Å². The van der Waals surface area contributed by atoms with Crippen molar-refractivity contribution in [1.82, 2.24) is 46.5 Å². The molecule has 7 N–H and O–H groups in total. The van der Waals surface area contributed by atoms with Gasteiger partial charge in [0, 0.05) is 72.9 Å². The number of pyridine rings is 1. The summed E-state index contributed by atoms with van der Waals surface area (Å²) in [5, 5.41) is 34.6. The SMILES string of the molecule is COC(=O)NC(C(=O)NC(Cc1ccc(C#Cc2ccc(N3CC4CCC(C3)N4)nc2)cc1)C(O)CN(Cc1c(F)cc(-c2ccn(C(F)F)n2)cc1F)NC(=O)C(NC(=O)O)C(C)(C)C(F)(F)F)C(C)(C)C(F)(F)F. The summed E-state index contributed by atoms with van der Waals surface area (Å²) >= 11 is 0. The molecular formula is C49H54F10N10O7. The highest BCUT2D eigenvalue weighted by Gasteiger charge is 2.57. The number of rotatable bonds is 18.